The third-order valence-corrected chi connectivity index (χ3v) is 2.49. The molecule has 4 heteroatoms. The predicted octanol–water partition coefficient (Wildman–Crippen LogP) is 1.39. The van der Waals surface area contributed by atoms with E-state index in [1.807, 2.05) is 7.05 Å². The van der Waals surface area contributed by atoms with E-state index in [1.54, 1.807) is 4.90 Å². The van der Waals surface area contributed by atoms with Crippen molar-refractivity contribution in [3.05, 3.63) is 0 Å². The monoisotopic (exact) mass is 230 g/mol. The van der Waals surface area contributed by atoms with Crippen molar-refractivity contribution >= 4 is 5.91 Å². The third kappa shape index (κ3) is 8.68. The molecule has 0 rings (SSSR count). The lowest BCUT2D eigenvalue weighted by Gasteiger charge is -2.16. The molecular formula is C12H26N2O2. The Kier molecular flexibility index (Phi) is 10.5. The van der Waals surface area contributed by atoms with Crippen LogP contribution in [-0.2, 0) is 9.53 Å². The van der Waals surface area contributed by atoms with Crippen LogP contribution in [-0.4, -0.2) is 44.2 Å². The topological polar surface area (TPSA) is 55.6 Å². The molecule has 0 bridgehead atoms. The number of nitrogens with zero attached hydrogens (tertiary/aromatic N) is 1. The number of amides is 1. The molecule has 16 heavy (non-hydrogen) atoms. The Morgan fingerprint density at radius 1 is 1.25 bits per heavy atom. The van der Waals surface area contributed by atoms with Gasteiger partial charge in [-0.1, -0.05) is 13.3 Å². The Hall–Kier alpha value is -0.610. The van der Waals surface area contributed by atoms with Gasteiger partial charge in [-0.2, -0.15) is 0 Å². The average Bonchev–Trinajstić information content (AvgIpc) is 2.30. The molecule has 4 nitrogen and oxygen atoms in total. The fourth-order valence-corrected chi connectivity index (χ4v) is 1.31. The summed E-state index contributed by atoms with van der Waals surface area (Å²) < 4.78 is 5.31. The van der Waals surface area contributed by atoms with Gasteiger partial charge in [-0.05, 0) is 32.2 Å². The van der Waals surface area contributed by atoms with Gasteiger partial charge in [0.25, 0.3) is 0 Å². The van der Waals surface area contributed by atoms with Crippen LogP contribution in [0.4, 0.5) is 0 Å². The van der Waals surface area contributed by atoms with E-state index in [4.69, 9.17) is 10.5 Å². The number of carbonyl (C=O) groups excluding carboxylic acids is 1. The minimum Gasteiger partial charge on any atom is -0.372 e. The van der Waals surface area contributed by atoms with E-state index in [2.05, 4.69) is 6.92 Å². The van der Waals surface area contributed by atoms with E-state index in [0.29, 0.717) is 6.61 Å². The zero-order chi connectivity index (χ0) is 12.2. The zero-order valence-electron chi connectivity index (χ0n) is 10.7. The fraction of sp³-hybridized carbons (Fsp3) is 0.917. The molecule has 0 aliphatic carbocycles. The van der Waals surface area contributed by atoms with Crippen LogP contribution in [0.25, 0.3) is 0 Å². The molecule has 0 heterocycles. The molecule has 96 valence electrons. The molecule has 0 radical (unpaired) electrons. The Balaban J connectivity index is 3.35. The standard InChI is InChI=1S/C12H26N2O2/c1-3-4-9-14(2)12(15)11-16-10-7-5-6-8-13/h3-11,13H2,1-2H3. The molecule has 0 aromatic rings. The van der Waals surface area contributed by atoms with Gasteiger partial charge >= 0.3 is 0 Å². The maximum Gasteiger partial charge on any atom is 0.248 e. The Bertz CT molecular complexity index is 174. The SMILES string of the molecule is CCCCN(C)C(=O)COCCCCCN. The maximum absolute atomic E-state index is 11.5. The zero-order valence-corrected chi connectivity index (χ0v) is 10.7. The second-order valence-electron chi connectivity index (χ2n) is 4.07. The summed E-state index contributed by atoms with van der Waals surface area (Å²) in [7, 11) is 1.83. The number of nitrogens with two attached hydrogens (primary N) is 1. The van der Waals surface area contributed by atoms with Crippen molar-refractivity contribution in [2.45, 2.75) is 39.0 Å². The fourth-order valence-electron chi connectivity index (χ4n) is 1.31. The molecule has 0 unspecified atom stereocenters. The first kappa shape index (κ1) is 15.4. The first-order valence-electron chi connectivity index (χ1n) is 6.24. The summed E-state index contributed by atoms with van der Waals surface area (Å²) in [5, 5.41) is 0. The molecule has 0 atom stereocenters. The van der Waals surface area contributed by atoms with Gasteiger partial charge in [0.1, 0.15) is 6.61 Å². The molecule has 0 aromatic heterocycles. The van der Waals surface area contributed by atoms with Crippen LogP contribution in [0.2, 0.25) is 0 Å². The van der Waals surface area contributed by atoms with Crippen molar-refractivity contribution < 1.29 is 9.53 Å². The summed E-state index contributed by atoms with van der Waals surface area (Å²) >= 11 is 0. The molecule has 0 saturated heterocycles. The Labute approximate surface area is 99.1 Å². The van der Waals surface area contributed by atoms with Crippen molar-refractivity contribution in [3.8, 4) is 0 Å². The first-order chi connectivity index (χ1) is 7.72. The van der Waals surface area contributed by atoms with Crippen LogP contribution >= 0.6 is 0 Å². The third-order valence-electron chi connectivity index (χ3n) is 2.49. The summed E-state index contributed by atoms with van der Waals surface area (Å²) in [5.41, 5.74) is 5.38. The molecule has 0 spiro atoms. The highest BCUT2D eigenvalue weighted by Gasteiger charge is 2.07. The number of ether oxygens (including phenoxy) is 1. The second-order valence-corrected chi connectivity index (χ2v) is 4.07. The van der Waals surface area contributed by atoms with E-state index >= 15 is 0 Å². The molecule has 0 fully saturated rings. The van der Waals surface area contributed by atoms with E-state index in [1.165, 1.54) is 0 Å². The molecule has 1 amide bonds. The molecule has 0 aromatic carbocycles. The second kappa shape index (κ2) is 10.9. The van der Waals surface area contributed by atoms with Gasteiger partial charge in [-0.15, -0.1) is 0 Å². The number of likely N-dealkylation sites (N-methyl/N-ethyl adjacent to an activating group) is 1. The number of unbranched alkanes of at least 4 members (excludes halogenated alkanes) is 3. The normalized spacial score (nSPS) is 10.4. The van der Waals surface area contributed by atoms with Crippen molar-refractivity contribution in [2.24, 2.45) is 5.73 Å². The van der Waals surface area contributed by atoms with Crippen LogP contribution in [0, 0.1) is 0 Å². The number of carbonyl (C=O) groups is 1. The lowest BCUT2D eigenvalue weighted by molar-refractivity contribution is -0.134. The van der Waals surface area contributed by atoms with Gasteiger partial charge in [0.15, 0.2) is 0 Å². The van der Waals surface area contributed by atoms with Crippen LogP contribution in [0.1, 0.15) is 39.0 Å². The minimum absolute atomic E-state index is 0.0762. The maximum atomic E-state index is 11.5. The minimum atomic E-state index is 0.0762. The molecular weight excluding hydrogens is 204 g/mol. The van der Waals surface area contributed by atoms with Gasteiger partial charge in [-0.25, -0.2) is 0 Å². The summed E-state index contributed by atoms with van der Waals surface area (Å²) in [6.07, 6.45) is 5.27. The average molecular weight is 230 g/mol. The molecule has 0 aliphatic rings. The number of rotatable bonds is 10. The van der Waals surface area contributed by atoms with Gasteiger partial charge in [0, 0.05) is 20.2 Å². The smallest absolute Gasteiger partial charge is 0.248 e. The van der Waals surface area contributed by atoms with Gasteiger partial charge in [-0.3, -0.25) is 4.79 Å². The van der Waals surface area contributed by atoms with Crippen molar-refractivity contribution in [1.29, 1.82) is 0 Å². The van der Waals surface area contributed by atoms with E-state index < -0.39 is 0 Å². The molecule has 0 aliphatic heterocycles. The van der Waals surface area contributed by atoms with Crippen LogP contribution in [0.3, 0.4) is 0 Å². The van der Waals surface area contributed by atoms with Crippen molar-refractivity contribution in [2.75, 3.05) is 33.4 Å². The summed E-state index contributed by atoms with van der Waals surface area (Å²) in [6.45, 7) is 4.55. The van der Waals surface area contributed by atoms with Crippen LogP contribution in [0.5, 0.6) is 0 Å². The summed E-state index contributed by atoms with van der Waals surface area (Å²) in [5.74, 6) is 0.0762. The lowest BCUT2D eigenvalue weighted by atomic mass is 10.2. The largest absolute Gasteiger partial charge is 0.372 e. The lowest BCUT2D eigenvalue weighted by Crippen LogP contribution is -2.31. The summed E-state index contributed by atoms with van der Waals surface area (Å²) in [4.78, 5) is 13.3. The summed E-state index contributed by atoms with van der Waals surface area (Å²) in [6, 6.07) is 0. The molecule has 0 saturated carbocycles. The van der Waals surface area contributed by atoms with Gasteiger partial charge < -0.3 is 15.4 Å². The van der Waals surface area contributed by atoms with Gasteiger partial charge in [0.05, 0.1) is 0 Å². The van der Waals surface area contributed by atoms with E-state index in [-0.39, 0.29) is 12.5 Å². The number of hydrogen-bond acceptors (Lipinski definition) is 3. The molecule has 2 N–H and O–H groups in total. The van der Waals surface area contributed by atoms with Crippen molar-refractivity contribution in [3.63, 3.8) is 0 Å². The highest BCUT2D eigenvalue weighted by Crippen LogP contribution is 1.96. The van der Waals surface area contributed by atoms with Crippen molar-refractivity contribution in [1.82, 2.24) is 4.90 Å². The van der Waals surface area contributed by atoms with E-state index in [9.17, 15) is 4.79 Å². The van der Waals surface area contributed by atoms with Crippen LogP contribution < -0.4 is 5.73 Å². The highest BCUT2D eigenvalue weighted by molar-refractivity contribution is 5.77. The Morgan fingerprint density at radius 2 is 2.00 bits per heavy atom. The predicted molar refractivity (Wildman–Crippen MR) is 66.3 cm³/mol. The highest BCUT2D eigenvalue weighted by atomic mass is 16.5. The van der Waals surface area contributed by atoms with Gasteiger partial charge in [0.2, 0.25) is 5.91 Å². The van der Waals surface area contributed by atoms with Crippen LogP contribution in [0.15, 0.2) is 0 Å². The number of hydrogen-bond donors (Lipinski definition) is 1. The Morgan fingerprint density at radius 3 is 2.62 bits per heavy atom. The van der Waals surface area contributed by atoms with E-state index in [0.717, 1.165) is 45.2 Å². The quantitative estimate of drug-likeness (QED) is 0.577. The first-order valence-corrected chi connectivity index (χ1v) is 6.24.